The third kappa shape index (κ3) is 3.09. The maximum absolute atomic E-state index is 12.1. The first kappa shape index (κ1) is 14.4. The minimum Gasteiger partial charge on any atom is -0.366 e. The molecule has 104 valence electrons. The van der Waals surface area contributed by atoms with Gasteiger partial charge in [0.15, 0.2) is 0 Å². The lowest BCUT2D eigenvalue weighted by Crippen LogP contribution is -2.14. The Morgan fingerprint density at radius 3 is 2.30 bits per heavy atom. The van der Waals surface area contributed by atoms with Crippen molar-refractivity contribution in [1.29, 1.82) is 0 Å². The van der Waals surface area contributed by atoms with Crippen LogP contribution in [0, 0.1) is 0 Å². The van der Waals surface area contributed by atoms with E-state index in [0.29, 0.717) is 0 Å². The standard InChI is InChI=1S/C13H11ClN2O3S/c14-11-8-9(13(15)17)6-7-12(11)16-20(18,19)10-4-2-1-3-5-10/h1-8,16H,(H2,15,17). The quantitative estimate of drug-likeness (QED) is 0.907. The van der Waals surface area contributed by atoms with Gasteiger partial charge in [-0.15, -0.1) is 0 Å². The van der Waals surface area contributed by atoms with E-state index in [4.69, 9.17) is 17.3 Å². The number of anilines is 1. The van der Waals surface area contributed by atoms with Gasteiger partial charge in [0, 0.05) is 5.56 Å². The Kier molecular flexibility index (Phi) is 3.96. The Labute approximate surface area is 121 Å². The third-order valence-electron chi connectivity index (χ3n) is 2.55. The van der Waals surface area contributed by atoms with E-state index in [0.717, 1.165) is 0 Å². The van der Waals surface area contributed by atoms with E-state index in [2.05, 4.69) is 4.72 Å². The number of nitrogens with one attached hydrogen (secondary N) is 1. The van der Waals surface area contributed by atoms with Gasteiger partial charge in [-0.3, -0.25) is 9.52 Å². The molecule has 1 amide bonds. The maximum atomic E-state index is 12.1. The molecule has 0 saturated heterocycles. The minimum absolute atomic E-state index is 0.0980. The molecule has 0 radical (unpaired) electrons. The SMILES string of the molecule is NC(=O)c1ccc(NS(=O)(=O)c2ccccc2)c(Cl)c1. The summed E-state index contributed by atoms with van der Waals surface area (Å²) in [7, 11) is -3.72. The van der Waals surface area contributed by atoms with Gasteiger partial charge in [-0.05, 0) is 30.3 Å². The molecule has 2 aromatic rings. The van der Waals surface area contributed by atoms with Crippen LogP contribution in [0.25, 0.3) is 0 Å². The summed E-state index contributed by atoms with van der Waals surface area (Å²) in [6, 6.07) is 12.0. The van der Waals surface area contributed by atoms with Crippen LogP contribution in [0.5, 0.6) is 0 Å². The van der Waals surface area contributed by atoms with Crippen molar-refractivity contribution in [3.8, 4) is 0 Å². The molecule has 0 saturated carbocycles. The van der Waals surface area contributed by atoms with Crippen LogP contribution in [0.3, 0.4) is 0 Å². The summed E-state index contributed by atoms with van der Waals surface area (Å²) >= 11 is 5.93. The van der Waals surface area contributed by atoms with E-state index < -0.39 is 15.9 Å². The van der Waals surface area contributed by atoms with Gasteiger partial charge in [0.05, 0.1) is 15.6 Å². The van der Waals surface area contributed by atoms with E-state index in [-0.39, 0.29) is 21.2 Å². The van der Waals surface area contributed by atoms with E-state index >= 15 is 0 Å². The van der Waals surface area contributed by atoms with Crippen LogP contribution in [0.1, 0.15) is 10.4 Å². The van der Waals surface area contributed by atoms with E-state index in [1.807, 2.05) is 0 Å². The fourth-order valence-electron chi connectivity index (χ4n) is 1.55. The molecule has 0 heterocycles. The number of nitrogens with two attached hydrogens (primary N) is 1. The van der Waals surface area contributed by atoms with Crippen molar-refractivity contribution in [3.63, 3.8) is 0 Å². The van der Waals surface area contributed by atoms with Crippen LogP contribution in [-0.4, -0.2) is 14.3 Å². The Bertz CT molecular complexity index is 745. The summed E-state index contributed by atoms with van der Waals surface area (Å²) in [5.41, 5.74) is 5.50. The second-order valence-corrected chi connectivity index (χ2v) is 6.07. The van der Waals surface area contributed by atoms with Gasteiger partial charge in [-0.2, -0.15) is 0 Å². The molecule has 0 aromatic heterocycles. The third-order valence-corrected chi connectivity index (χ3v) is 4.25. The molecule has 0 spiro atoms. The normalized spacial score (nSPS) is 11.1. The number of primary amides is 1. The highest BCUT2D eigenvalue weighted by molar-refractivity contribution is 7.92. The number of benzene rings is 2. The van der Waals surface area contributed by atoms with Crippen molar-refractivity contribution >= 4 is 33.2 Å². The second kappa shape index (κ2) is 5.52. The van der Waals surface area contributed by atoms with E-state index in [1.165, 1.54) is 30.3 Å². The lowest BCUT2D eigenvalue weighted by Gasteiger charge is -2.10. The molecule has 5 nitrogen and oxygen atoms in total. The van der Waals surface area contributed by atoms with Crippen LogP contribution < -0.4 is 10.5 Å². The predicted molar refractivity (Wildman–Crippen MR) is 77.2 cm³/mol. The van der Waals surface area contributed by atoms with Crippen LogP contribution in [0.4, 0.5) is 5.69 Å². The van der Waals surface area contributed by atoms with Gasteiger partial charge in [0.2, 0.25) is 5.91 Å². The number of sulfonamides is 1. The van der Waals surface area contributed by atoms with Crippen molar-refractivity contribution < 1.29 is 13.2 Å². The molecule has 20 heavy (non-hydrogen) atoms. The first-order valence-electron chi connectivity index (χ1n) is 5.57. The fraction of sp³-hybridized carbons (Fsp3) is 0. The highest BCUT2D eigenvalue weighted by Crippen LogP contribution is 2.25. The number of halogens is 1. The zero-order valence-corrected chi connectivity index (χ0v) is 11.8. The molecule has 0 fully saturated rings. The summed E-state index contributed by atoms with van der Waals surface area (Å²) in [5.74, 6) is -0.635. The molecule has 0 unspecified atom stereocenters. The molecule has 7 heteroatoms. The Morgan fingerprint density at radius 2 is 1.75 bits per heavy atom. The number of amides is 1. The van der Waals surface area contributed by atoms with E-state index in [1.54, 1.807) is 18.2 Å². The molecule has 2 aromatic carbocycles. The number of hydrogen-bond donors (Lipinski definition) is 2. The summed E-state index contributed by atoms with van der Waals surface area (Å²) in [4.78, 5) is 11.1. The second-order valence-electron chi connectivity index (χ2n) is 3.98. The topological polar surface area (TPSA) is 89.3 Å². The highest BCUT2D eigenvalue weighted by Gasteiger charge is 2.15. The summed E-state index contributed by atoms with van der Waals surface area (Å²) in [6.07, 6.45) is 0. The Morgan fingerprint density at radius 1 is 1.10 bits per heavy atom. The van der Waals surface area contributed by atoms with Crippen molar-refractivity contribution in [2.75, 3.05) is 4.72 Å². The molecule has 0 aliphatic heterocycles. The van der Waals surface area contributed by atoms with Crippen LogP contribution in [0.15, 0.2) is 53.4 Å². The lowest BCUT2D eigenvalue weighted by molar-refractivity contribution is 0.100. The fourth-order valence-corrected chi connectivity index (χ4v) is 2.94. The van der Waals surface area contributed by atoms with Gasteiger partial charge >= 0.3 is 0 Å². The molecule has 2 rings (SSSR count). The van der Waals surface area contributed by atoms with Gasteiger partial charge in [-0.25, -0.2) is 8.42 Å². The molecule has 0 atom stereocenters. The van der Waals surface area contributed by atoms with Gasteiger partial charge < -0.3 is 5.73 Å². The van der Waals surface area contributed by atoms with E-state index in [9.17, 15) is 13.2 Å². The lowest BCUT2D eigenvalue weighted by atomic mass is 10.2. The van der Waals surface area contributed by atoms with Crippen molar-refractivity contribution in [1.82, 2.24) is 0 Å². The molecule has 0 aliphatic carbocycles. The molecule has 3 N–H and O–H groups in total. The zero-order chi connectivity index (χ0) is 14.8. The summed E-state index contributed by atoms with van der Waals surface area (Å²) in [6.45, 7) is 0. The Hall–Kier alpha value is -2.05. The largest absolute Gasteiger partial charge is 0.366 e. The van der Waals surface area contributed by atoms with Gasteiger partial charge in [0.1, 0.15) is 0 Å². The number of hydrogen-bond acceptors (Lipinski definition) is 3. The smallest absolute Gasteiger partial charge is 0.261 e. The maximum Gasteiger partial charge on any atom is 0.261 e. The first-order chi connectivity index (χ1) is 9.40. The average molecular weight is 311 g/mol. The molecular formula is C13H11ClN2O3S. The highest BCUT2D eigenvalue weighted by atomic mass is 35.5. The minimum atomic E-state index is -3.72. The van der Waals surface area contributed by atoms with Crippen molar-refractivity contribution in [3.05, 3.63) is 59.1 Å². The summed E-state index contributed by atoms with van der Waals surface area (Å²) < 4.78 is 26.6. The Balaban J connectivity index is 2.33. The van der Waals surface area contributed by atoms with Crippen LogP contribution >= 0.6 is 11.6 Å². The zero-order valence-electron chi connectivity index (χ0n) is 10.2. The van der Waals surface area contributed by atoms with Crippen LogP contribution in [0.2, 0.25) is 5.02 Å². The van der Waals surface area contributed by atoms with Crippen molar-refractivity contribution in [2.45, 2.75) is 4.90 Å². The summed E-state index contributed by atoms with van der Waals surface area (Å²) in [5, 5.41) is 0.0980. The average Bonchev–Trinajstić information content (AvgIpc) is 2.41. The van der Waals surface area contributed by atoms with Crippen molar-refractivity contribution in [2.24, 2.45) is 5.73 Å². The van der Waals surface area contributed by atoms with Crippen LogP contribution in [-0.2, 0) is 10.0 Å². The molecule has 0 bridgehead atoms. The number of carbonyl (C=O) groups excluding carboxylic acids is 1. The predicted octanol–water partition coefficient (Wildman–Crippen LogP) is 2.24. The number of carbonyl (C=O) groups is 1. The van der Waals surface area contributed by atoms with Gasteiger partial charge in [-0.1, -0.05) is 29.8 Å². The molecular weight excluding hydrogens is 300 g/mol. The molecule has 0 aliphatic rings. The van der Waals surface area contributed by atoms with Gasteiger partial charge in [0.25, 0.3) is 10.0 Å². The first-order valence-corrected chi connectivity index (χ1v) is 7.43. The monoisotopic (exact) mass is 310 g/mol. The number of rotatable bonds is 4.